The molecular weight excluding hydrogens is 296 g/mol. The van der Waals surface area contributed by atoms with Crippen molar-refractivity contribution >= 4 is 40.3 Å². The van der Waals surface area contributed by atoms with E-state index < -0.39 is 0 Å². The van der Waals surface area contributed by atoms with Crippen LogP contribution in [0.2, 0.25) is 5.02 Å². The average molecular weight is 315 g/mol. The molecule has 0 saturated carbocycles. The molecule has 2 rings (SSSR count). The summed E-state index contributed by atoms with van der Waals surface area (Å²) in [6.45, 7) is 6.42. The summed E-state index contributed by atoms with van der Waals surface area (Å²) in [6, 6.07) is 8.00. The van der Waals surface area contributed by atoms with Gasteiger partial charge in [0.2, 0.25) is 0 Å². The van der Waals surface area contributed by atoms with E-state index in [1.165, 1.54) is 4.90 Å². The first kappa shape index (κ1) is 15.1. The lowest BCUT2D eigenvalue weighted by atomic mass is 9.93. The lowest BCUT2D eigenvalue weighted by Gasteiger charge is -2.28. The van der Waals surface area contributed by atoms with Crippen molar-refractivity contribution in [2.24, 2.45) is 10.4 Å². The van der Waals surface area contributed by atoms with Gasteiger partial charge < -0.3 is 5.32 Å². The van der Waals surface area contributed by atoms with Crippen LogP contribution in [0.1, 0.15) is 13.8 Å². The Labute approximate surface area is 128 Å². The standard InChI is InChI=1S/C14H19ClN2S2/c1-14(2)9-16-13(17-10-14)19-8-7-18-12-5-3-11(15)4-6-12/h3-6H,7-10H2,1-2H3,(H,16,17). The first-order valence-corrected chi connectivity index (χ1v) is 8.70. The number of thioether (sulfide) groups is 2. The highest BCUT2D eigenvalue weighted by Gasteiger charge is 2.22. The van der Waals surface area contributed by atoms with E-state index in [1.54, 1.807) is 0 Å². The van der Waals surface area contributed by atoms with Crippen molar-refractivity contribution in [2.45, 2.75) is 18.7 Å². The van der Waals surface area contributed by atoms with Gasteiger partial charge in [-0.15, -0.1) is 11.8 Å². The smallest absolute Gasteiger partial charge is 0.156 e. The van der Waals surface area contributed by atoms with Crippen molar-refractivity contribution in [1.82, 2.24) is 5.32 Å². The summed E-state index contributed by atoms with van der Waals surface area (Å²) >= 11 is 9.53. The number of halogens is 1. The number of hydrogen-bond acceptors (Lipinski definition) is 4. The molecule has 104 valence electrons. The van der Waals surface area contributed by atoms with E-state index in [2.05, 4.69) is 36.3 Å². The summed E-state index contributed by atoms with van der Waals surface area (Å²) in [6.07, 6.45) is 0. The van der Waals surface area contributed by atoms with Crippen LogP contribution < -0.4 is 5.32 Å². The zero-order valence-corrected chi connectivity index (χ0v) is 13.7. The number of nitrogens with zero attached hydrogens (tertiary/aromatic N) is 1. The monoisotopic (exact) mass is 314 g/mol. The Bertz CT molecular complexity index is 443. The summed E-state index contributed by atoms with van der Waals surface area (Å²) in [7, 11) is 0. The van der Waals surface area contributed by atoms with Crippen molar-refractivity contribution in [2.75, 3.05) is 24.6 Å². The summed E-state index contributed by atoms with van der Waals surface area (Å²) in [5.74, 6) is 2.15. The van der Waals surface area contributed by atoms with Gasteiger partial charge in [-0.1, -0.05) is 37.2 Å². The molecule has 0 unspecified atom stereocenters. The third-order valence-corrected chi connectivity index (χ3v) is 5.25. The molecule has 1 aromatic rings. The van der Waals surface area contributed by atoms with Gasteiger partial charge in [0.1, 0.15) is 0 Å². The summed E-state index contributed by atoms with van der Waals surface area (Å²) in [5, 5.41) is 5.29. The zero-order valence-electron chi connectivity index (χ0n) is 11.3. The maximum absolute atomic E-state index is 5.86. The zero-order chi connectivity index (χ0) is 13.7. The van der Waals surface area contributed by atoms with E-state index in [1.807, 2.05) is 35.7 Å². The van der Waals surface area contributed by atoms with Gasteiger partial charge in [0, 0.05) is 39.9 Å². The van der Waals surface area contributed by atoms with Crippen LogP contribution in [0.3, 0.4) is 0 Å². The van der Waals surface area contributed by atoms with Crippen LogP contribution in [0.25, 0.3) is 0 Å². The normalized spacial score (nSPS) is 17.7. The van der Waals surface area contributed by atoms with Crippen molar-refractivity contribution in [3.8, 4) is 0 Å². The van der Waals surface area contributed by atoms with Crippen LogP contribution in [0.5, 0.6) is 0 Å². The minimum atomic E-state index is 0.294. The molecule has 5 heteroatoms. The second kappa shape index (κ2) is 6.91. The molecule has 19 heavy (non-hydrogen) atoms. The Kier molecular flexibility index (Phi) is 5.48. The van der Waals surface area contributed by atoms with Crippen molar-refractivity contribution in [1.29, 1.82) is 0 Å². The fourth-order valence-corrected chi connectivity index (χ4v) is 3.52. The second-order valence-electron chi connectivity index (χ2n) is 5.29. The molecule has 1 aliphatic rings. The highest BCUT2D eigenvalue weighted by molar-refractivity contribution is 8.14. The molecule has 1 aromatic carbocycles. The molecule has 1 N–H and O–H groups in total. The first-order valence-electron chi connectivity index (χ1n) is 6.35. The van der Waals surface area contributed by atoms with Gasteiger partial charge in [0.15, 0.2) is 5.17 Å². The van der Waals surface area contributed by atoms with Crippen LogP contribution in [0, 0.1) is 5.41 Å². The van der Waals surface area contributed by atoms with E-state index in [0.29, 0.717) is 5.41 Å². The topological polar surface area (TPSA) is 24.4 Å². The minimum absolute atomic E-state index is 0.294. The maximum atomic E-state index is 5.86. The number of hydrogen-bond donors (Lipinski definition) is 1. The fourth-order valence-electron chi connectivity index (χ4n) is 1.64. The Morgan fingerprint density at radius 3 is 2.53 bits per heavy atom. The molecule has 2 nitrogen and oxygen atoms in total. The van der Waals surface area contributed by atoms with Gasteiger partial charge in [-0.05, 0) is 24.3 Å². The van der Waals surface area contributed by atoms with Crippen LogP contribution in [0.15, 0.2) is 34.2 Å². The Morgan fingerprint density at radius 2 is 1.89 bits per heavy atom. The van der Waals surface area contributed by atoms with E-state index >= 15 is 0 Å². The highest BCUT2D eigenvalue weighted by Crippen LogP contribution is 2.23. The lowest BCUT2D eigenvalue weighted by Crippen LogP contribution is -2.39. The minimum Gasteiger partial charge on any atom is -0.364 e. The van der Waals surface area contributed by atoms with Crippen molar-refractivity contribution in [3.63, 3.8) is 0 Å². The molecule has 0 fully saturated rings. The van der Waals surface area contributed by atoms with Crippen LogP contribution >= 0.6 is 35.1 Å². The molecule has 0 aliphatic carbocycles. The van der Waals surface area contributed by atoms with Gasteiger partial charge in [-0.25, -0.2) is 0 Å². The summed E-state index contributed by atoms with van der Waals surface area (Å²) in [4.78, 5) is 5.85. The van der Waals surface area contributed by atoms with Crippen molar-refractivity contribution < 1.29 is 0 Å². The quantitative estimate of drug-likeness (QED) is 0.667. The Balaban J connectivity index is 1.67. The van der Waals surface area contributed by atoms with E-state index in [9.17, 15) is 0 Å². The lowest BCUT2D eigenvalue weighted by molar-refractivity contribution is 0.364. The number of benzene rings is 1. The predicted octanol–water partition coefficient (Wildman–Crippen LogP) is 4.15. The van der Waals surface area contributed by atoms with Crippen LogP contribution in [-0.2, 0) is 0 Å². The molecule has 0 saturated heterocycles. The molecule has 1 aliphatic heterocycles. The van der Waals surface area contributed by atoms with Gasteiger partial charge >= 0.3 is 0 Å². The Morgan fingerprint density at radius 1 is 1.21 bits per heavy atom. The first-order chi connectivity index (χ1) is 9.05. The largest absolute Gasteiger partial charge is 0.364 e. The molecule has 0 aromatic heterocycles. The van der Waals surface area contributed by atoms with Crippen molar-refractivity contribution in [3.05, 3.63) is 29.3 Å². The molecule has 0 bridgehead atoms. The molecule has 0 radical (unpaired) electrons. The third-order valence-electron chi connectivity index (χ3n) is 2.77. The van der Waals surface area contributed by atoms with E-state index in [4.69, 9.17) is 11.6 Å². The second-order valence-corrected chi connectivity index (χ2v) is 7.98. The number of aliphatic imine (C=N–C) groups is 1. The number of nitrogens with one attached hydrogen (secondary N) is 1. The third kappa shape index (κ3) is 5.28. The number of rotatable bonds is 4. The maximum Gasteiger partial charge on any atom is 0.156 e. The van der Waals surface area contributed by atoms with Gasteiger partial charge in [-0.2, -0.15) is 0 Å². The molecule has 1 heterocycles. The average Bonchev–Trinajstić information content (AvgIpc) is 2.38. The van der Waals surface area contributed by atoms with Crippen LogP contribution in [0.4, 0.5) is 0 Å². The van der Waals surface area contributed by atoms with E-state index in [-0.39, 0.29) is 0 Å². The van der Waals surface area contributed by atoms with Gasteiger partial charge in [0.25, 0.3) is 0 Å². The molecule has 0 amide bonds. The molecule has 0 spiro atoms. The summed E-state index contributed by atoms with van der Waals surface area (Å²) in [5.41, 5.74) is 0.294. The summed E-state index contributed by atoms with van der Waals surface area (Å²) < 4.78 is 0. The number of amidine groups is 1. The molecular formula is C14H19ClN2S2. The molecule has 0 atom stereocenters. The van der Waals surface area contributed by atoms with Gasteiger partial charge in [0.05, 0.1) is 0 Å². The SMILES string of the molecule is CC1(C)CN=C(SCCSc2ccc(Cl)cc2)NC1. The van der Waals surface area contributed by atoms with E-state index in [0.717, 1.165) is 34.8 Å². The Hall–Kier alpha value is -0.320. The fraction of sp³-hybridized carbons (Fsp3) is 0.500. The highest BCUT2D eigenvalue weighted by atomic mass is 35.5. The predicted molar refractivity (Wildman–Crippen MR) is 88.7 cm³/mol. The van der Waals surface area contributed by atoms with Crippen LogP contribution in [-0.4, -0.2) is 29.8 Å². The van der Waals surface area contributed by atoms with Gasteiger partial charge in [-0.3, -0.25) is 4.99 Å².